The van der Waals surface area contributed by atoms with Gasteiger partial charge >= 0.3 is 0 Å². The van der Waals surface area contributed by atoms with Crippen LogP contribution in [-0.2, 0) is 5.75 Å². The molecule has 1 aromatic carbocycles. The Labute approximate surface area is 142 Å². The second kappa shape index (κ2) is 6.76. The van der Waals surface area contributed by atoms with E-state index in [1.54, 1.807) is 34.4 Å². The zero-order chi connectivity index (χ0) is 15.5. The minimum Gasteiger partial charge on any atom is -0.330 e. The summed E-state index contributed by atoms with van der Waals surface area (Å²) in [7, 11) is 0. The molecule has 0 aliphatic heterocycles. The molecular formula is C15H16N4S3. The van der Waals surface area contributed by atoms with E-state index in [1.165, 1.54) is 11.1 Å². The summed E-state index contributed by atoms with van der Waals surface area (Å²) in [6.07, 6.45) is 0. The topological polar surface area (TPSA) is 50.7 Å². The normalized spacial score (nSPS) is 10.9. The highest BCUT2D eigenvalue weighted by atomic mass is 32.2. The summed E-state index contributed by atoms with van der Waals surface area (Å²) in [6.45, 7) is 6.24. The molecule has 3 aromatic rings. The van der Waals surface area contributed by atoms with Crippen molar-refractivity contribution in [1.29, 1.82) is 0 Å². The van der Waals surface area contributed by atoms with E-state index in [-0.39, 0.29) is 0 Å². The van der Waals surface area contributed by atoms with Gasteiger partial charge in [0.2, 0.25) is 5.13 Å². The van der Waals surface area contributed by atoms with Gasteiger partial charge in [-0.25, -0.2) is 4.98 Å². The number of aryl methyl sites for hydroxylation is 3. The van der Waals surface area contributed by atoms with Crippen LogP contribution in [0, 0.1) is 20.8 Å². The SMILES string of the molecule is Cc1nc(CSc2nnc(Nc3ccc(C)c(C)c3)s2)cs1. The molecule has 0 fully saturated rings. The molecule has 0 radical (unpaired) electrons. The van der Waals surface area contributed by atoms with Gasteiger partial charge in [0, 0.05) is 16.8 Å². The van der Waals surface area contributed by atoms with Crippen molar-refractivity contribution in [2.75, 3.05) is 5.32 Å². The monoisotopic (exact) mass is 348 g/mol. The van der Waals surface area contributed by atoms with Crippen molar-refractivity contribution in [1.82, 2.24) is 15.2 Å². The molecule has 0 aliphatic carbocycles. The summed E-state index contributed by atoms with van der Waals surface area (Å²) in [5.41, 5.74) is 4.71. The molecule has 2 heterocycles. The minimum absolute atomic E-state index is 0.820. The summed E-state index contributed by atoms with van der Waals surface area (Å²) >= 11 is 4.92. The number of nitrogens with one attached hydrogen (secondary N) is 1. The van der Waals surface area contributed by atoms with Crippen molar-refractivity contribution in [3.05, 3.63) is 45.4 Å². The minimum atomic E-state index is 0.820. The zero-order valence-electron chi connectivity index (χ0n) is 12.6. The molecule has 0 bridgehead atoms. The van der Waals surface area contributed by atoms with Crippen molar-refractivity contribution < 1.29 is 0 Å². The van der Waals surface area contributed by atoms with E-state index in [2.05, 4.69) is 57.9 Å². The molecular weight excluding hydrogens is 332 g/mol. The van der Waals surface area contributed by atoms with Crippen molar-refractivity contribution in [3.63, 3.8) is 0 Å². The Morgan fingerprint density at radius 2 is 2.00 bits per heavy atom. The average Bonchev–Trinajstić information content (AvgIpc) is 3.10. The molecule has 2 aromatic heterocycles. The lowest BCUT2D eigenvalue weighted by atomic mass is 10.1. The fourth-order valence-electron chi connectivity index (χ4n) is 1.87. The van der Waals surface area contributed by atoms with Crippen LogP contribution in [0.3, 0.4) is 0 Å². The first-order valence-electron chi connectivity index (χ1n) is 6.82. The molecule has 1 N–H and O–H groups in total. The van der Waals surface area contributed by atoms with Gasteiger partial charge in [-0.1, -0.05) is 29.2 Å². The second-order valence-corrected chi connectivity index (χ2v) is 8.21. The Kier molecular flexibility index (Phi) is 4.75. The van der Waals surface area contributed by atoms with E-state index in [9.17, 15) is 0 Å². The van der Waals surface area contributed by atoms with Crippen LogP contribution < -0.4 is 5.32 Å². The quantitative estimate of drug-likeness (QED) is 0.661. The highest BCUT2D eigenvalue weighted by molar-refractivity contribution is 8.00. The molecule has 7 heteroatoms. The van der Waals surface area contributed by atoms with Crippen LogP contribution in [0.1, 0.15) is 21.8 Å². The lowest BCUT2D eigenvalue weighted by Crippen LogP contribution is -1.91. The van der Waals surface area contributed by atoms with Crippen LogP contribution in [0.4, 0.5) is 10.8 Å². The zero-order valence-corrected chi connectivity index (χ0v) is 15.0. The number of aromatic nitrogens is 3. The number of anilines is 2. The number of thiazole rings is 1. The fourth-order valence-corrected chi connectivity index (χ4v) is 4.25. The predicted molar refractivity (Wildman–Crippen MR) is 95.5 cm³/mol. The Balaban J connectivity index is 1.62. The third kappa shape index (κ3) is 3.85. The van der Waals surface area contributed by atoms with E-state index in [0.29, 0.717) is 0 Å². The largest absolute Gasteiger partial charge is 0.330 e. The van der Waals surface area contributed by atoms with Gasteiger partial charge in [-0.15, -0.1) is 21.5 Å². The van der Waals surface area contributed by atoms with Crippen LogP contribution in [0.15, 0.2) is 27.9 Å². The number of benzene rings is 1. The Bertz CT molecular complexity index is 779. The maximum absolute atomic E-state index is 4.46. The molecule has 0 saturated heterocycles. The maximum Gasteiger partial charge on any atom is 0.210 e. The number of hydrogen-bond acceptors (Lipinski definition) is 7. The van der Waals surface area contributed by atoms with Gasteiger partial charge in [-0.2, -0.15) is 0 Å². The second-order valence-electron chi connectivity index (χ2n) is 4.94. The van der Waals surface area contributed by atoms with Crippen molar-refractivity contribution in [2.24, 2.45) is 0 Å². The van der Waals surface area contributed by atoms with Crippen molar-refractivity contribution in [2.45, 2.75) is 30.9 Å². The van der Waals surface area contributed by atoms with E-state index in [1.807, 2.05) is 6.92 Å². The van der Waals surface area contributed by atoms with Gasteiger partial charge in [0.25, 0.3) is 0 Å². The van der Waals surface area contributed by atoms with E-state index in [4.69, 9.17) is 0 Å². The average molecular weight is 349 g/mol. The van der Waals surface area contributed by atoms with Crippen molar-refractivity contribution in [3.8, 4) is 0 Å². The Hall–Kier alpha value is -1.44. The lowest BCUT2D eigenvalue weighted by molar-refractivity contribution is 1.01. The standard InChI is InChI=1S/C15H16N4S3/c1-9-4-5-12(6-10(9)2)17-14-18-19-15(22-14)21-8-13-7-20-11(3)16-13/h4-7H,8H2,1-3H3,(H,17,18). The molecule has 0 atom stereocenters. The van der Waals surface area contributed by atoms with Crippen LogP contribution in [0.2, 0.25) is 0 Å². The van der Waals surface area contributed by atoms with E-state index >= 15 is 0 Å². The van der Waals surface area contributed by atoms with Gasteiger partial charge < -0.3 is 5.32 Å². The summed E-state index contributed by atoms with van der Waals surface area (Å²) in [5.74, 6) is 0.836. The first kappa shape index (κ1) is 15.5. The molecule has 0 spiro atoms. The summed E-state index contributed by atoms with van der Waals surface area (Å²) in [5, 5.41) is 15.7. The van der Waals surface area contributed by atoms with Crippen LogP contribution in [0.5, 0.6) is 0 Å². The number of nitrogens with zero attached hydrogens (tertiary/aromatic N) is 3. The lowest BCUT2D eigenvalue weighted by Gasteiger charge is -2.05. The maximum atomic E-state index is 4.46. The highest BCUT2D eigenvalue weighted by Crippen LogP contribution is 2.30. The summed E-state index contributed by atoms with van der Waals surface area (Å²) in [6, 6.07) is 6.30. The van der Waals surface area contributed by atoms with Crippen LogP contribution in [-0.4, -0.2) is 15.2 Å². The van der Waals surface area contributed by atoms with Gasteiger partial charge in [0.05, 0.1) is 10.7 Å². The molecule has 0 aliphatic rings. The number of rotatable bonds is 5. The Morgan fingerprint density at radius 1 is 1.14 bits per heavy atom. The molecule has 4 nitrogen and oxygen atoms in total. The third-order valence-corrected chi connectivity index (χ3v) is 6.00. The van der Waals surface area contributed by atoms with Gasteiger partial charge in [0.1, 0.15) is 0 Å². The Morgan fingerprint density at radius 3 is 2.73 bits per heavy atom. The van der Waals surface area contributed by atoms with E-state index < -0.39 is 0 Å². The van der Waals surface area contributed by atoms with Gasteiger partial charge in [0.15, 0.2) is 4.34 Å². The first-order valence-corrected chi connectivity index (χ1v) is 9.50. The molecule has 3 rings (SSSR count). The van der Waals surface area contributed by atoms with Crippen LogP contribution in [0.25, 0.3) is 0 Å². The number of thioether (sulfide) groups is 1. The molecule has 0 saturated carbocycles. The van der Waals surface area contributed by atoms with E-state index in [0.717, 1.165) is 31.6 Å². The molecule has 22 heavy (non-hydrogen) atoms. The molecule has 0 amide bonds. The molecule has 114 valence electrons. The van der Waals surface area contributed by atoms with Crippen LogP contribution >= 0.6 is 34.4 Å². The summed E-state index contributed by atoms with van der Waals surface area (Å²) in [4.78, 5) is 4.46. The highest BCUT2D eigenvalue weighted by Gasteiger charge is 2.07. The smallest absolute Gasteiger partial charge is 0.210 e. The van der Waals surface area contributed by atoms with Crippen molar-refractivity contribution >= 4 is 45.3 Å². The number of hydrogen-bond donors (Lipinski definition) is 1. The third-order valence-electron chi connectivity index (χ3n) is 3.17. The van der Waals surface area contributed by atoms with Gasteiger partial charge in [-0.3, -0.25) is 0 Å². The first-order chi connectivity index (χ1) is 10.6. The fraction of sp³-hybridized carbons (Fsp3) is 0.267. The van der Waals surface area contributed by atoms with Gasteiger partial charge in [-0.05, 0) is 44.0 Å². The molecule has 0 unspecified atom stereocenters. The summed E-state index contributed by atoms with van der Waals surface area (Å²) < 4.78 is 0.956. The predicted octanol–water partition coefficient (Wildman–Crippen LogP) is 4.96.